The van der Waals surface area contributed by atoms with Gasteiger partial charge in [-0.25, -0.2) is 9.59 Å². The lowest BCUT2D eigenvalue weighted by Gasteiger charge is -2.08. The van der Waals surface area contributed by atoms with E-state index in [0.29, 0.717) is 12.6 Å². The maximum atomic E-state index is 11.9. The Morgan fingerprint density at radius 3 is 1.36 bits per heavy atom. The average molecular weight is 384 g/mol. The van der Waals surface area contributed by atoms with Crippen LogP contribution in [0.3, 0.4) is 0 Å². The molecule has 0 aromatic heterocycles. The number of aldehydes is 2. The molecular formula is C18H12N2O8. The monoisotopic (exact) mass is 384 g/mol. The predicted octanol–water partition coefficient (Wildman–Crippen LogP) is 0.388. The second kappa shape index (κ2) is 9.38. The highest BCUT2D eigenvalue weighted by Crippen LogP contribution is 2.07. The summed E-state index contributed by atoms with van der Waals surface area (Å²) >= 11 is 0. The molecule has 0 saturated carbocycles. The van der Waals surface area contributed by atoms with Gasteiger partial charge in [-0.1, -0.05) is 36.4 Å². The average Bonchev–Trinajstić information content (AvgIpc) is 2.74. The lowest BCUT2D eigenvalue weighted by Crippen LogP contribution is -2.36. The molecule has 0 aliphatic rings. The second-order valence-corrected chi connectivity index (χ2v) is 5.05. The summed E-state index contributed by atoms with van der Waals surface area (Å²) in [6.45, 7) is 0. The summed E-state index contributed by atoms with van der Waals surface area (Å²) in [6.07, 6.45) is 0.857. The quantitative estimate of drug-likeness (QED) is 0.437. The molecule has 0 unspecified atom stereocenters. The summed E-state index contributed by atoms with van der Waals surface area (Å²) in [7, 11) is 0. The van der Waals surface area contributed by atoms with Crippen LogP contribution >= 0.6 is 0 Å². The molecule has 10 heteroatoms. The zero-order chi connectivity index (χ0) is 20.5. The van der Waals surface area contributed by atoms with Crippen LogP contribution in [0.25, 0.3) is 0 Å². The van der Waals surface area contributed by atoms with Crippen LogP contribution in [0.4, 0.5) is 0 Å². The van der Waals surface area contributed by atoms with E-state index in [2.05, 4.69) is 9.68 Å². The van der Waals surface area contributed by atoms with Crippen molar-refractivity contribution in [3.8, 4) is 0 Å². The predicted molar refractivity (Wildman–Crippen MR) is 90.8 cm³/mol. The molecular weight excluding hydrogens is 372 g/mol. The van der Waals surface area contributed by atoms with E-state index in [0.717, 1.165) is 0 Å². The normalized spacial score (nSPS) is 9.57. The first kappa shape index (κ1) is 20.0. The van der Waals surface area contributed by atoms with Crippen molar-refractivity contribution in [1.82, 2.24) is 11.0 Å². The summed E-state index contributed by atoms with van der Waals surface area (Å²) in [5, 5.41) is 0. The van der Waals surface area contributed by atoms with Gasteiger partial charge in [-0.2, -0.15) is 11.0 Å². The third-order valence-corrected chi connectivity index (χ3v) is 3.30. The standard InChI is InChI=1S/C18H12N2O8/c21-9-11-5-1-3-7-13(11)15(23)19-27-17(25)18(26)28-20-16(24)14-8-4-2-6-12(14)10-22/h1-10H,(H,19,23)(H,20,24). The summed E-state index contributed by atoms with van der Waals surface area (Å²) in [4.78, 5) is 77.0. The number of benzene rings is 2. The van der Waals surface area contributed by atoms with Crippen LogP contribution < -0.4 is 11.0 Å². The topological polar surface area (TPSA) is 145 Å². The van der Waals surface area contributed by atoms with Crippen molar-refractivity contribution >= 4 is 36.3 Å². The Morgan fingerprint density at radius 2 is 1.00 bits per heavy atom. The van der Waals surface area contributed by atoms with Crippen molar-refractivity contribution in [3.63, 3.8) is 0 Å². The maximum absolute atomic E-state index is 11.9. The Kier molecular flexibility index (Phi) is 6.69. The van der Waals surface area contributed by atoms with E-state index in [1.165, 1.54) is 48.5 Å². The van der Waals surface area contributed by atoms with Gasteiger partial charge in [0.25, 0.3) is 11.8 Å². The van der Waals surface area contributed by atoms with E-state index >= 15 is 0 Å². The first-order valence-corrected chi connectivity index (χ1v) is 7.59. The minimum absolute atomic E-state index is 0.0414. The van der Waals surface area contributed by atoms with E-state index in [-0.39, 0.29) is 22.3 Å². The van der Waals surface area contributed by atoms with Crippen LogP contribution in [-0.2, 0) is 19.3 Å². The first-order chi connectivity index (χ1) is 13.5. The van der Waals surface area contributed by atoms with E-state index in [9.17, 15) is 28.8 Å². The molecule has 2 amide bonds. The highest BCUT2D eigenvalue weighted by Gasteiger charge is 2.22. The van der Waals surface area contributed by atoms with Crippen molar-refractivity contribution in [1.29, 1.82) is 0 Å². The van der Waals surface area contributed by atoms with E-state index in [1.807, 2.05) is 0 Å². The van der Waals surface area contributed by atoms with Gasteiger partial charge in [0.05, 0.1) is 11.1 Å². The lowest BCUT2D eigenvalue weighted by atomic mass is 10.1. The SMILES string of the molecule is O=Cc1ccccc1C(=O)NOC(=O)C(=O)ONC(=O)c1ccccc1C=O. The van der Waals surface area contributed by atoms with Crippen LogP contribution in [0.5, 0.6) is 0 Å². The highest BCUT2D eigenvalue weighted by atomic mass is 16.7. The fourth-order valence-corrected chi connectivity index (χ4v) is 1.99. The molecule has 0 fully saturated rings. The Hall–Kier alpha value is -4.34. The van der Waals surface area contributed by atoms with Gasteiger partial charge in [0.1, 0.15) is 0 Å². The van der Waals surface area contributed by atoms with Gasteiger partial charge in [-0.15, -0.1) is 0 Å². The molecule has 2 aromatic rings. The van der Waals surface area contributed by atoms with Gasteiger partial charge in [0.15, 0.2) is 12.6 Å². The zero-order valence-corrected chi connectivity index (χ0v) is 14.0. The van der Waals surface area contributed by atoms with Crippen LogP contribution in [-0.4, -0.2) is 36.3 Å². The van der Waals surface area contributed by atoms with Gasteiger partial charge >= 0.3 is 11.9 Å². The Bertz CT molecular complexity index is 877. The van der Waals surface area contributed by atoms with Crippen molar-refractivity contribution in [2.24, 2.45) is 0 Å². The third kappa shape index (κ3) is 4.85. The lowest BCUT2D eigenvalue weighted by molar-refractivity contribution is -0.173. The minimum Gasteiger partial charge on any atom is -0.329 e. The summed E-state index contributed by atoms with van der Waals surface area (Å²) < 4.78 is 0. The number of hydrogen-bond acceptors (Lipinski definition) is 8. The van der Waals surface area contributed by atoms with Gasteiger partial charge in [0.2, 0.25) is 0 Å². The number of amides is 2. The Balaban J connectivity index is 1.88. The molecule has 0 radical (unpaired) electrons. The van der Waals surface area contributed by atoms with Gasteiger partial charge < -0.3 is 9.68 Å². The number of hydroxylamine groups is 2. The smallest absolute Gasteiger partial charge is 0.329 e. The number of carbonyl (C=O) groups excluding carboxylic acids is 6. The molecule has 0 bridgehead atoms. The minimum atomic E-state index is -1.64. The molecule has 0 spiro atoms. The molecule has 142 valence electrons. The fraction of sp³-hybridized carbons (Fsp3) is 0. The number of carbonyl (C=O) groups is 6. The molecule has 28 heavy (non-hydrogen) atoms. The van der Waals surface area contributed by atoms with Crippen LogP contribution in [0.1, 0.15) is 41.4 Å². The van der Waals surface area contributed by atoms with E-state index < -0.39 is 23.8 Å². The molecule has 2 N–H and O–H groups in total. The van der Waals surface area contributed by atoms with Gasteiger partial charge in [-0.3, -0.25) is 19.2 Å². The number of rotatable bonds is 4. The Labute approximate surface area is 157 Å². The zero-order valence-electron chi connectivity index (χ0n) is 14.0. The van der Waals surface area contributed by atoms with E-state index in [1.54, 1.807) is 11.0 Å². The van der Waals surface area contributed by atoms with Crippen LogP contribution in [0.15, 0.2) is 48.5 Å². The maximum Gasteiger partial charge on any atom is 0.443 e. The summed E-state index contributed by atoms with van der Waals surface area (Å²) in [5.41, 5.74) is 3.28. The summed E-state index contributed by atoms with van der Waals surface area (Å²) in [6, 6.07) is 11.3. The van der Waals surface area contributed by atoms with Crippen molar-refractivity contribution in [2.45, 2.75) is 0 Å². The van der Waals surface area contributed by atoms with Crippen LogP contribution in [0.2, 0.25) is 0 Å². The number of hydrogen-bond donors (Lipinski definition) is 2. The van der Waals surface area contributed by atoms with Crippen molar-refractivity contribution < 1.29 is 38.4 Å². The molecule has 0 saturated heterocycles. The third-order valence-electron chi connectivity index (χ3n) is 3.30. The van der Waals surface area contributed by atoms with Crippen molar-refractivity contribution in [3.05, 3.63) is 70.8 Å². The molecule has 2 rings (SSSR count). The summed E-state index contributed by atoms with van der Waals surface area (Å²) in [5.74, 6) is -5.18. The highest BCUT2D eigenvalue weighted by molar-refractivity contribution is 6.30. The molecule has 0 aliphatic carbocycles. The first-order valence-electron chi connectivity index (χ1n) is 7.59. The van der Waals surface area contributed by atoms with Gasteiger partial charge in [-0.05, 0) is 12.1 Å². The molecule has 2 aromatic carbocycles. The largest absolute Gasteiger partial charge is 0.443 e. The Morgan fingerprint density at radius 1 is 0.643 bits per heavy atom. The molecule has 10 nitrogen and oxygen atoms in total. The van der Waals surface area contributed by atoms with Gasteiger partial charge in [0, 0.05) is 11.1 Å². The van der Waals surface area contributed by atoms with Crippen molar-refractivity contribution in [2.75, 3.05) is 0 Å². The van der Waals surface area contributed by atoms with E-state index in [4.69, 9.17) is 0 Å². The van der Waals surface area contributed by atoms with Crippen LogP contribution in [0, 0.1) is 0 Å². The molecule has 0 atom stereocenters. The molecule has 0 aliphatic heterocycles. The number of nitrogens with one attached hydrogen (secondary N) is 2. The fourth-order valence-electron chi connectivity index (χ4n) is 1.99. The molecule has 0 heterocycles. The second-order valence-electron chi connectivity index (χ2n) is 5.05.